The normalized spacial score (nSPS) is 12.4. The first-order valence-corrected chi connectivity index (χ1v) is 7.23. The Morgan fingerprint density at radius 1 is 1.28 bits per heavy atom. The zero-order valence-corrected chi connectivity index (χ0v) is 12.5. The number of rotatable bonds is 11. The lowest BCUT2D eigenvalue weighted by molar-refractivity contribution is 0.240. The van der Waals surface area contributed by atoms with E-state index in [4.69, 9.17) is 4.74 Å². The lowest BCUT2D eigenvalue weighted by atomic mass is 9.99. The summed E-state index contributed by atoms with van der Waals surface area (Å²) in [7, 11) is 0. The van der Waals surface area contributed by atoms with Crippen LogP contribution in [0.5, 0.6) is 0 Å². The third kappa shape index (κ3) is 11.5. The molecular weight excluding hydrogens is 220 g/mol. The minimum absolute atomic E-state index is 0.566. The van der Waals surface area contributed by atoms with Crippen molar-refractivity contribution in [1.82, 2.24) is 0 Å². The smallest absolute Gasteiger partial charge is 0.0873 e. The van der Waals surface area contributed by atoms with E-state index in [1.165, 1.54) is 24.8 Å². The fraction of sp³-hybridized carbons (Fsp3) is 0.647. The molecule has 1 heteroatoms. The van der Waals surface area contributed by atoms with E-state index in [2.05, 4.69) is 45.6 Å². The van der Waals surface area contributed by atoms with Crippen molar-refractivity contribution in [2.24, 2.45) is 5.92 Å². The lowest BCUT2D eigenvalue weighted by Crippen LogP contribution is -1.94. The van der Waals surface area contributed by atoms with E-state index in [0.29, 0.717) is 5.92 Å². The first kappa shape index (κ1) is 17.0. The third-order valence-electron chi connectivity index (χ3n) is 2.92. The van der Waals surface area contributed by atoms with Crippen LogP contribution >= 0.6 is 0 Å². The molecule has 0 aromatic heterocycles. The molecule has 0 aliphatic rings. The van der Waals surface area contributed by atoms with Crippen LogP contribution in [0, 0.1) is 5.92 Å². The van der Waals surface area contributed by atoms with E-state index in [1.54, 1.807) is 0 Å². The van der Waals surface area contributed by atoms with Crippen LogP contribution in [-0.4, -0.2) is 6.61 Å². The predicted octanol–water partition coefficient (Wildman–Crippen LogP) is 5.65. The van der Waals surface area contributed by atoms with E-state index in [1.807, 2.05) is 6.26 Å². The van der Waals surface area contributed by atoms with Gasteiger partial charge in [0, 0.05) is 0 Å². The Morgan fingerprint density at radius 3 is 2.67 bits per heavy atom. The second kappa shape index (κ2) is 12.5. The van der Waals surface area contributed by atoms with Gasteiger partial charge in [-0.1, -0.05) is 37.5 Å². The Kier molecular flexibility index (Phi) is 11.8. The average Bonchev–Trinajstić information content (AvgIpc) is 2.35. The van der Waals surface area contributed by atoms with E-state index in [9.17, 15) is 0 Å². The quantitative estimate of drug-likeness (QED) is 0.262. The summed E-state index contributed by atoms with van der Waals surface area (Å²) in [5.41, 5.74) is 1.40. The SMILES string of the molecule is C=CC(C/C=C\OCCCCC)CCC=C(C)C. The summed E-state index contributed by atoms with van der Waals surface area (Å²) in [6.45, 7) is 11.2. The van der Waals surface area contributed by atoms with Crippen molar-refractivity contribution in [3.05, 3.63) is 36.6 Å². The summed E-state index contributed by atoms with van der Waals surface area (Å²) < 4.78 is 5.45. The van der Waals surface area contributed by atoms with Crippen molar-refractivity contribution in [1.29, 1.82) is 0 Å². The molecule has 0 aromatic rings. The number of ether oxygens (including phenoxy) is 1. The third-order valence-corrected chi connectivity index (χ3v) is 2.92. The molecule has 0 amide bonds. The number of hydrogen-bond donors (Lipinski definition) is 0. The van der Waals surface area contributed by atoms with Crippen LogP contribution in [0.4, 0.5) is 0 Å². The van der Waals surface area contributed by atoms with Gasteiger partial charge in [-0.05, 0) is 51.5 Å². The highest BCUT2D eigenvalue weighted by Gasteiger charge is 2.00. The van der Waals surface area contributed by atoms with Crippen molar-refractivity contribution in [3.8, 4) is 0 Å². The highest BCUT2D eigenvalue weighted by molar-refractivity contribution is 4.95. The topological polar surface area (TPSA) is 9.23 Å². The molecule has 1 unspecified atom stereocenters. The van der Waals surface area contributed by atoms with Gasteiger partial charge in [-0.3, -0.25) is 0 Å². The molecule has 0 N–H and O–H groups in total. The highest BCUT2D eigenvalue weighted by atomic mass is 16.5. The van der Waals surface area contributed by atoms with Gasteiger partial charge >= 0.3 is 0 Å². The fourth-order valence-corrected chi connectivity index (χ4v) is 1.72. The van der Waals surface area contributed by atoms with Crippen LogP contribution in [0.25, 0.3) is 0 Å². The van der Waals surface area contributed by atoms with Gasteiger partial charge in [-0.15, -0.1) is 6.58 Å². The lowest BCUT2D eigenvalue weighted by Gasteiger charge is -2.08. The van der Waals surface area contributed by atoms with Gasteiger partial charge in [0.2, 0.25) is 0 Å². The standard InChI is InChI=1S/C17H30O/c1-5-7-8-14-18-15-10-13-17(6-2)12-9-11-16(3)4/h6,10-11,15,17H,2,5,7-9,12-14H2,1,3-4H3/b15-10-. The molecule has 0 rings (SSSR count). The van der Waals surface area contributed by atoms with E-state index < -0.39 is 0 Å². The van der Waals surface area contributed by atoms with Crippen LogP contribution in [0.1, 0.15) is 59.3 Å². The second-order valence-electron chi connectivity index (χ2n) is 5.04. The average molecular weight is 250 g/mol. The van der Waals surface area contributed by atoms with Crippen molar-refractivity contribution < 1.29 is 4.74 Å². The fourth-order valence-electron chi connectivity index (χ4n) is 1.72. The Morgan fingerprint density at radius 2 is 2.06 bits per heavy atom. The highest BCUT2D eigenvalue weighted by Crippen LogP contribution is 2.14. The first-order chi connectivity index (χ1) is 8.70. The minimum Gasteiger partial charge on any atom is -0.502 e. The monoisotopic (exact) mass is 250 g/mol. The number of allylic oxidation sites excluding steroid dienone is 4. The molecule has 0 aliphatic carbocycles. The van der Waals surface area contributed by atoms with Gasteiger partial charge in [-0.2, -0.15) is 0 Å². The molecule has 0 fully saturated rings. The Labute approximate surface area is 114 Å². The van der Waals surface area contributed by atoms with Crippen LogP contribution in [0.15, 0.2) is 36.6 Å². The van der Waals surface area contributed by atoms with E-state index in [-0.39, 0.29) is 0 Å². The summed E-state index contributed by atoms with van der Waals surface area (Å²) in [6, 6.07) is 0. The molecule has 0 aromatic carbocycles. The van der Waals surface area contributed by atoms with Crippen LogP contribution < -0.4 is 0 Å². The zero-order valence-electron chi connectivity index (χ0n) is 12.5. The number of unbranched alkanes of at least 4 members (excludes halogenated alkanes) is 2. The molecular formula is C17H30O. The molecule has 0 saturated heterocycles. The Balaban J connectivity index is 3.63. The number of hydrogen-bond acceptors (Lipinski definition) is 1. The molecule has 1 atom stereocenters. The van der Waals surface area contributed by atoms with Crippen molar-refractivity contribution >= 4 is 0 Å². The van der Waals surface area contributed by atoms with Crippen LogP contribution in [0.3, 0.4) is 0 Å². The van der Waals surface area contributed by atoms with E-state index >= 15 is 0 Å². The van der Waals surface area contributed by atoms with Gasteiger partial charge in [0.05, 0.1) is 12.9 Å². The summed E-state index contributed by atoms with van der Waals surface area (Å²) in [5.74, 6) is 0.566. The molecule has 0 saturated carbocycles. The zero-order chi connectivity index (χ0) is 13.6. The summed E-state index contributed by atoms with van der Waals surface area (Å²) in [5, 5.41) is 0. The molecule has 104 valence electrons. The van der Waals surface area contributed by atoms with Crippen molar-refractivity contribution in [2.75, 3.05) is 6.61 Å². The van der Waals surface area contributed by atoms with Crippen LogP contribution in [0.2, 0.25) is 0 Å². The Hall–Kier alpha value is -0.980. The molecule has 18 heavy (non-hydrogen) atoms. The molecule has 0 heterocycles. The largest absolute Gasteiger partial charge is 0.502 e. The van der Waals surface area contributed by atoms with Gasteiger partial charge in [0.15, 0.2) is 0 Å². The van der Waals surface area contributed by atoms with Gasteiger partial charge in [-0.25, -0.2) is 0 Å². The molecule has 0 radical (unpaired) electrons. The summed E-state index contributed by atoms with van der Waals surface area (Å²) in [6.07, 6.45) is 15.3. The minimum atomic E-state index is 0.566. The molecule has 0 bridgehead atoms. The first-order valence-electron chi connectivity index (χ1n) is 7.23. The van der Waals surface area contributed by atoms with Gasteiger partial charge < -0.3 is 4.74 Å². The maximum absolute atomic E-state index is 5.45. The Bertz CT molecular complexity index is 246. The second-order valence-corrected chi connectivity index (χ2v) is 5.04. The maximum atomic E-state index is 5.45. The molecule has 1 nitrogen and oxygen atoms in total. The molecule has 0 aliphatic heterocycles. The maximum Gasteiger partial charge on any atom is 0.0873 e. The molecule has 0 spiro atoms. The van der Waals surface area contributed by atoms with Crippen molar-refractivity contribution in [2.45, 2.75) is 59.3 Å². The van der Waals surface area contributed by atoms with Crippen molar-refractivity contribution in [3.63, 3.8) is 0 Å². The summed E-state index contributed by atoms with van der Waals surface area (Å²) >= 11 is 0. The van der Waals surface area contributed by atoms with E-state index in [0.717, 1.165) is 25.9 Å². The summed E-state index contributed by atoms with van der Waals surface area (Å²) in [4.78, 5) is 0. The van der Waals surface area contributed by atoms with Gasteiger partial charge in [0.1, 0.15) is 0 Å². The van der Waals surface area contributed by atoms with Crippen LogP contribution in [-0.2, 0) is 4.74 Å². The predicted molar refractivity (Wildman–Crippen MR) is 81.6 cm³/mol. The van der Waals surface area contributed by atoms with Gasteiger partial charge in [0.25, 0.3) is 0 Å².